The molecule has 2 N–H and O–H groups in total. The van der Waals surface area contributed by atoms with Gasteiger partial charge < -0.3 is 10.1 Å². The van der Waals surface area contributed by atoms with Crippen molar-refractivity contribution >= 4 is 50.7 Å². The summed E-state index contributed by atoms with van der Waals surface area (Å²) in [7, 11) is -2.30. The zero-order chi connectivity index (χ0) is 29.1. The Kier molecular flexibility index (Phi) is 7.87. The first-order valence-corrected chi connectivity index (χ1v) is 14.9. The summed E-state index contributed by atoms with van der Waals surface area (Å²) >= 11 is 1.07. The van der Waals surface area contributed by atoms with E-state index >= 15 is 0 Å². The lowest BCUT2D eigenvalue weighted by molar-refractivity contribution is -0.120. The Morgan fingerprint density at radius 3 is 2.20 bits per heavy atom. The monoisotopic (exact) mass is 585 g/mol. The summed E-state index contributed by atoms with van der Waals surface area (Å²) in [6.07, 6.45) is 0. The average molecular weight is 586 g/mol. The highest BCUT2D eigenvalue weighted by atomic mass is 32.2. The number of hydrogen-bond donors (Lipinski definition) is 2. The van der Waals surface area contributed by atoms with Crippen LogP contribution in [0.3, 0.4) is 0 Å². The minimum Gasteiger partial charge on any atom is -0.495 e. The Morgan fingerprint density at radius 1 is 0.780 bits per heavy atom. The van der Waals surface area contributed by atoms with E-state index in [1.807, 2.05) is 26.0 Å². The van der Waals surface area contributed by atoms with Crippen LogP contribution in [0.4, 0.5) is 17.1 Å². The number of benzene rings is 4. The lowest BCUT2D eigenvalue weighted by Gasteiger charge is -2.16. The molecule has 41 heavy (non-hydrogen) atoms. The summed E-state index contributed by atoms with van der Waals surface area (Å²) in [5.41, 5.74) is 3.28. The van der Waals surface area contributed by atoms with E-state index in [1.54, 1.807) is 84.9 Å². The normalized spacial score (nSPS) is 13.5. The van der Waals surface area contributed by atoms with Gasteiger partial charge in [0.05, 0.1) is 23.4 Å². The lowest BCUT2D eigenvalue weighted by Crippen LogP contribution is -2.32. The largest absolute Gasteiger partial charge is 0.495 e. The Labute approximate surface area is 243 Å². The van der Waals surface area contributed by atoms with E-state index in [4.69, 9.17) is 4.74 Å². The first kappa shape index (κ1) is 28.0. The van der Waals surface area contributed by atoms with Gasteiger partial charge in [0, 0.05) is 10.6 Å². The summed E-state index contributed by atoms with van der Waals surface area (Å²) in [5, 5.41) is 3.14. The second-order valence-electron chi connectivity index (χ2n) is 9.36. The number of aryl methyl sites for hydroxylation is 2. The van der Waals surface area contributed by atoms with E-state index in [0.29, 0.717) is 27.7 Å². The van der Waals surface area contributed by atoms with Crippen molar-refractivity contribution in [3.63, 3.8) is 0 Å². The standard InChI is InChI=1S/C31H27N3O5S2/c1-20-12-15-25(16-13-20)41(37,38)33-22-8-7-11-24(19-22)40-29-28(32-26-18-21(2)14-17-27(26)39-3)30(35)34(31(29)36)23-9-5-4-6-10-23/h4-19,32-33H,1-3H3. The molecule has 5 rings (SSSR count). The number of methoxy groups -OCH3 is 1. The van der Waals surface area contributed by atoms with Gasteiger partial charge in [-0.2, -0.15) is 0 Å². The maximum atomic E-state index is 13.7. The highest BCUT2D eigenvalue weighted by molar-refractivity contribution is 8.04. The number of nitrogens with zero attached hydrogens (tertiary/aromatic N) is 1. The first-order chi connectivity index (χ1) is 19.7. The molecule has 4 aromatic rings. The van der Waals surface area contributed by atoms with Crippen LogP contribution in [0.2, 0.25) is 0 Å². The summed E-state index contributed by atoms with van der Waals surface area (Å²) in [6.45, 7) is 3.79. The van der Waals surface area contributed by atoms with E-state index in [1.165, 1.54) is 7.11 Å². The van der Waals surface area contributed by atoms with Crippen LogP contribution in [0.25, 0.3) is 0 Å². The minimum absolute atomic E-state index is 0.0957. The third-order valence-electron chi connectivity index (χ3n) is 6.31. The Bertz CT molecular complexity index is 1770. The van der Waals surface area contributed by atoms with E-state index in [-0.39, 0.29) is 15.5 Å². The lowest BCUT2D eigenvalue weighted by atomic mass is 10.2. The predicted octanol–water partition coefficient (Wildman–Crippen LogP) is 6.10. The maximum absolute atomic E-state index is 13.7. The summed E-state index contributed by atoms with van der Waals surface area (Å²) < 4.78 is 34.0. The molecule has 0 aliphatic carbocycles. The zero-order valence-electron chi connectivity index (χ0n) is 22.5. The second-order valence-corrected chi connectivity index (χ2v) is 12.1. The van der Waals surface area contributed by atoms with Crippen molar-refractivity contribution in [2.75, 3.05) is 22.0 Å². The number of anilines is 3. The Hall–Kier alpha value is -4.54. The van der Waals surface area contributed by atoms with Crippen LogP contribution < -0.4 is 19.7 Å². The number of amides is 2. The molecule has 1 aliphatic rings. The predicted molar refractivity (Wildman–Crippen MR) is 162 cm³/mol. The number of hydrogen-bond acceptors (Lipinski definition) is 7. The topological polar surface area (TPSA) is 105 Å². The van der Waals surface area contributed by atoms with Crippen molar-refractivity contribution in [1.82, 2.24) is 0 Å². The Morgan fingerprint density at radius 2 is 1.49 bits per heavy atom. The first-order valence-electron chi connectivity index (χ1n) is 12.6. The molecule has 0 fully saturated rings. The number of para-hydroxylation sites is 1. The van der Waals surface area contributed by atoms with Crippen molar-refractivity contribution < 1.29 is 22.7 Å². The number of thioether (sulfide) groups is 1. The molecule has 10 heteroatoms. The van der Waals surface area contributed by atoms with Gasteiger partial charge >= 0.3 is 0 Å². The van der Waals surface area contributed by atoms with Crippen molar-refractivity contribution in [2.24, 2.45) is 0 Å². The highest BCUT2D eigenvalue weighted by Crippen LogP contribution is 2.39. The molecule has 0 bridgehead atoms. The van der Waals surface area contributed by atoms with Gasteiger partial charge in [-0.1, -0.05) is 59.8 Å². The fourth-order valence-corrected chi connectivity index (χ4v) is 6.29. The molecule has 0 saturated heterocycles. The van der Waals surface area contributed by atoms with Crippen LogP contribution in [0, 0.1) is 13.8 Å². The van der Waals surface area contributed by atoms with Gasteiger partial charge in [0.2, 0.25) is 0 Å². The molecule has 1 heterocycles. The van der Waals surface area contributed by atoms with Crippen LogP contribution in [-0.4, -0.2) is 27.3 Å². The van der Waals surface area contributed by atoms with Crippen LogP contribution in [-0.2, 0) is 19.6 Å². The summed E-state index contributed by atoms with van der Waals surface area (Å²) in [4.78, 5) is 29.4. The van der Waals surface area contributed by atoms with Crippen LogP contribution in [0.5, 0.6) is 5.75 Å². The number of nitrogens with one attached hydrogen (secondary N) is 2. The fraction of sp³-hybridized carbons (Fsp3) is 0.0968. The third kappa shape index (κ3) is 5.98. The van der Waals surface area contributed by atoms with Crippen molar-refractivity contribution in [3.8, 4) is 5.75 Å². The number of ether oxygens (including phenoxy) is 1. The fourth-order valence-electron chi connectivity index (χ4n) is 4.25. The minimum atomic E-state index is -3.83. The smallest absolute Gasteiger partial charge is 0.283 e. The molecule has 8 nitrogen and oxygen atoms in total. The van der Waals surface area contributed by atoms with E-state index in [9.17, 15) is 18.0 Å². The molecule has 0 unspecified atom stereocenters. The second kappa shape index (κ2) is 11.5. The Balaban J connectivity index is 1.50. The summed E-state index contributed by atoms with van der Waals surface area (Å²) in [5.74, 6) is -0.493. The number of imide groups is 1. The third-order valence-corrected chi connectivity index (χ3v) is 8.78. The molecular formula is C31H27N3O5S2. The molecule has 0 spiro atoms. The van der Waals surface area contributed by atoms with Gasteiger partial charge in [0.25, 0.3) is 21.8 Å². The van der Waals surface area contributed by atoms with Gasteiger partial charge in [-0.25, -0.2) is 13.3 Å². The number of carbonyl (C=O) groups is 2. The number of carbonyl (C=O) groups excluding carboxylic acids is 2. The van der Waals surface area contributed by atoms with Crippen LogP contribution >= 0.6 is 11.8 Å². The molecule has 208 valence electrons. The number of sulfonamides is 1. The molecule has 0 saturated carbocycles. The molecular weight excluding hydrogens is 558 g/mol. The quantitative estimate of drug-likeness (QED) is 0.229. The average Bonchev–Trinajstić information content (AvgIpc) is 3.17. The van der Waals surface area contributed by atoms with Crippen molar-refractivity contribution in [2.45, 2.75) is 23.6 Å². The van der Waals surface area contributed by atoms with E-state index in [2.05, 4.69) is 10.0 Å². The molecule has 0 atom stereocenters. The molecule has 4 aromatic carbocycles. The van der Waals surface area contributed by atoms with Gasteiger partial charge in [-0.05, 0) is 74.0 Å². The van der Waals surface area contributed by atoms with Crippen molar-refractivity contribution in [1.29, 1.82) is 0 Å². The van der Waals surface area contributed by atoms with Gasteiger partial charge in [0.1, 0.15) is 16.4 Å². The van der Waals surface area contributed by atoms with Crippen LogP contribution in [0.15, 0.2) is 117 Å². The maximum Gasteiger partial charge on any atom is 0.283 e. The van der Waals surface area contributed by atoms with E-state index in [0.717, 1.165) is 27.8 Å². The molecule has 0 aromatic heterocycles. The van der Waals surface area contributed by atoms with Gasteiger partial charge in [-0.3, -0.25) is 14.3 Å². The van der Waals surface area contributed by atoms with Crippen LogP contribution in [0.1, 0.15) is 11.1 Å². The SMILES string of the molecule is COc1ccc(C)cc1NC1=C(Sc2cccc(NS(=O)(=O)c3ccc(C)cc3)c2)C(=O)N(c2ccccc2)C1=O. The van der Waals surface area contributed by atoms with Gasteiger partial charge in [-0.15, -0.1) is 0 Å². The van der Waals surface area contributed by atoms with Crippen molar-refractivity contribution in [3.05, 3.63) is 119 Å². The number of rotatable bonds is 9. The zero-order valence-corrected chi connectivity index (χ0v) is 24.2. The van der Waals surface area contributed by atoms with Gasteiger partial charge in [0.15, 0.2) is 0 Å². The molecule has 2 amide bonds. The molecule has 1 aliphatic heterocycles. The molecule has 0 radical (unpaired) electrons. The highest BCUT2D eigenvalue weighted by Gasteiger charge is 2.40. The summed E-state index contributed by atoms with van der Waals surface area (Å²) in [6, 6.07) is 27.4. The van der Waals surface area contributed by atoms with E-state index < -0.39 is 21.8 Å².